The number of carboxylic acid groups (broad SMARTS) is 1. The summed E-state index contributed by atoms with van der Waals surface area (Å²) in [4.78, 5) is 22.2. The Kier molecular flexibility index (Phi) is 3.52. The normalized spacial score (nSPS) is 21.4. The first kappa shape index (κ1) is 12.8. The lowest BCUT2D eigenvalue weighted by Crippen LogP contribution is -2.25. The predicted octanol–water partition coefficient (Wildman–Crippen LogP) is 1.82. The minimum absolute atomic E-state index is 0.00316. The number of carboxylic acids is 1. The van der Waals surface area contributed by atoms with Crippen molar-refractivity contribution in [3.05, 3.63) is 34.6 Å². The average Bonchev–Trinajstić information content (AvgIpc) is 3.10. The second-order valence-electron chi connectivity index (χ2n) is 4.25. The van der Waals surface area contributed by atoms with Crippen molar-refractivity contribution in [2.24, 2.45) is 11.8 Å². The van der Waals surface area contributed by atoms with Gasteiger partial charge < -0.3 is 10.4 Å². The molecule has 6 heteroatoms. The van der Waals surface area contributed by atoms with Crippen molar-refractivity contribution in [2.45, 2.75) is 13.0 Å². The summed E-state index contributed by atoms with van der Waals surface area (Å²) < 4.78 is 12.9. The van der Waals surface area contributed by atoms with Gasteiger partial charge in [-0.1, -0.05) is 17.7 Å². The lowest BCUT2D eigenvalue weighted by atomic mass is 10.2. The number of hydrogen-bond donors (Lipinski definition) is 2. The van der Waals surface area contributed by atoms with Crippen LogP contribution in [0.4, 0.5) is 4.39 Å². The Labute approximate surface area is 108 Å². The van der Waals surface area contributed by atoms with Crippen LogP contribution < -0.4 is 5.32 Å². The molecule has 0 unspecified atom stereocenters. The molecule has 0 saturated heterocycles. The van der Waals surface area contributed by atoms with Gasteiger partial charge in [0.2, 0.25) is 5.91 Å². The number of hydrogen-bond acceptors (Lipinski definition) is 2. The number of carbonyl (C=O) groups is 2. The van der Waals surface area contributed by atoms with Crippen LogP contribution in [0.5, 0.6) is 0 Å². The maximum Gasteiger partial charge on any atom is 0.307 e. The minimum Gasteiger partial charge on any atom is -0.481 e. The number of rotatable bonds is 4. The van der Waals surface area contributed by atoms with E-state index in [9.17, 15) is 14.0 Å². The van der Waals surface area contributed by atoms with Crippen LogP contribution in [0, 0.1) is 17.7 Å². The molecule has 2 rings (SSSR count). The Morgan fingerprint density at radius 3 is 2.72 bits per heavy atom. The quantitative estimate of drug-likeness (QED) is 0.878. The largest absolute Gasteiger partial charge is 0.481 e. The van der Waals surface area contributed by atoms with E-state index in [1.165, 1.54) is 18.2 Å². The van der Waals surface area contributed by atoms with Gasteiger partial charge in [0, 0.05) is 6.54 Å². The molecule has 2 atom stereocenters. The molecule has 1 saturated carbocycles. The van der Waals surface area contributed by atoms with Gasteiger partial charge in [0.1, 0.15) is 5.82 Å². The standard InChI is InChI=1S/C12H11ClFNO3/c13-9-3-6(1-2-10(9)14)5-15-11(16)7-4-8(7)12(17)18/h1-3,7-8H,4-5H2,(H,15,16)(H,17,18)/t7-,8-/m1/s1. The van der Waals surface area contributed by atoms with Crippen molar-refractivity contribution in [2.75, 3.05) is 0 Å². The second kappa shape index (κ2) is 4.94. The molecule has 0 radical (unpaired) electrons. The van der Waals surface area contributed by atoms with Gasteiger partial charge in [0.15, 0.2) is 0 Å². The molecule has 96 valence electrons. The van der Waals surface area contributed by atoms with Crippen LogP contribution in [0.25, 0.3) is 0 Å². The highest BCUT2D eigenvalue weighted by Gasteiger charge is 2.48. The minimum atomic E-state index is -0.944. The zero-order valence-electron chi connectivity index (χ0n) is 9.32. The van der Waals surface area contributed by atoms with Gasteiger partial charge in [-0.2, -0.15) is 0 Å². The highest BCUT2D eigenvalue weighted by molar-refractivity contribution is 6.30. The third kappa shape index (κ3) is 2.79. The van der Waals surface area contributed by atoms with Gasteiger partial charge in [-0.15, -0.1) is 0 Å². The second-order valence-corrected chi connectivity index (χ2v) is 4.66. The molecule has 18 heavy (non-hydrogen) atoms. The topological polar surface area (TPSA) is 66.4 Å². The Morgan fingerprint density at radius 1 is 1.44 bits per heavy atom. The summed E-state index contributed by atoms with van der Waals surface area (Å²) in [7, 11) is 0. The fourth-order valence-electron chi connectivity index (χ4n) is 1.73. The summed E-state index contributed by atoms with van der Waals surface area (Å²) in [5.41, 5.74) is 0.669. The molecule has 1 aromatic carbocycles. The highest BCUT2D eigenvalue weighted by Crippen LogP contribution is 2.38. The van der Waals surface area contributed by atoms with Crippen molar-refractivity contribution >= 4 is 23.5 Å². The summed E-state index contributed by atoms with van der Waals surface area (Å²) in [6.07, 6.45) is 0.380. The molecular weight excluding hydrogens is 261 g/mol. The van der Waals surface area contributed by atoms with Crippen LogP contribution >= 0.6 is 11.6 Å². The molecule has 0 aromatic heterocycles. The molecule has 1 aliphatic carbocycles. The van der Waals surface area contributed by atoms with Gasteiger partial charge in [-0.05, 0) is 24.1 Å². The molecular formula is C12H11ClFNO3. The van der Waals surface area contributed by atoms with Crippen LogP contribution in [0.3, 0.4) is 0 Å². The van der Waals surface area contributed by atoms with Crippen LogP contribution in [-0.4, -0.2) is 17.0 Å². The first-order valence-corrected chi connectivity index (χ1v) is 5.81. The van der Waals surface area contributed by atoms with E-state index in [2.05, 4.69) is 5.32 Å². The van der Waals surface area contributed by atoms with Gasteiger partial charge in [-0.3, -0.25) is 9.59 Å². The predicted molar refractivity (Wildman–Crippen MR) is 62.5 cm³/mol. The van der Waals surface area contributed by atoms with E-state index in [1.54, 1.807) is 0 Å². The highest BCUT2D eigenvalue weighted by atomic mass is 35.5. The van der Waals surface area contributed by atoms with E-state index in [0.29, 0.717) is 12.0 Å². The molecule has 0 bridgehead atoms. The molecule has 4 nitrogen and oxygen atoms in total. The molecule has 1 aromatic rings. The number of halogens is 2. The molecule has 0 aliphatic heterocycles. The Hall–Kier alpha value is -1.62. The van der Waals surface area contributed by atoms with Crippen molar-refractivity contribution < 1.29 is 19.1 Å². The summed E-state index contributed by atoms with van der Waals surface area (Å²) in [5.74, 6) is -2.76. The fourth-order valence-corrected chi connectivity index (χ4v) is 1.93. The van der Waals surface area contributed by atoms with Crippen LogP contribution in [0.15, 0.2) is 18.2 Å². The number of nitrogens with one attached hydrogen (secondary N) is 1. The van der Waals surface area contributed by atoms with E-state index in [4.69, 9.17) is 16.7 Å². The van der Waals surface area contributed by atoms with Crippen LogP contribution in [0.2, 0.25) is 5.02 Å². The van der Waals surface area contributed by atoms with E-state index in [0.717, 1.165) is 0 Å². The smallest absolute Gasteiger partial charge is 0.307 e. The lowest BCUT2D eigenvalue weighted by molar-refractivity contribution is -0.140. The molecule has 2 N–H and O–H groups in total. The SMILES string of the molecule is O=C(O)[C@@H]1C[C@H]1C(=O)NCc1ccc(F)c(Cl)c1. The summed E-state index contributed by atoms with van der Waals surface area (Å²) in [6.45, 7) is 0.210. The molecule has 0 heterocycles. The summed E-state index contributed by atoms with van der Waals surface area (Å²) in [6, 6.07) is 4.17. The molecule has 1 aliphatic rings. The van der Waals surface area contributed by atoms with Gasteiger partial charge >= 0.3 is 5.97 Å². The first-order chi connectivity index (χ1) is 8.49. The van der Waals surface area contributed by atoms with Gasteiger partial charge in [0.25, 0.3) is 0 Å². The van der Waals surface area contributed by atoms with E-state index in [-0.39, 0.29) is 17.5 Å². The van der Waals surface area contributed by atoms with Crippen molar-refractivity contribution in [1.82, 2.24) is 5.32 Å². The average molecular weight is 272 g/mol. The van der Waals surface area contributed by atoms with Crippen LogP contribution in [-0.2, 0) is 16.1 Å². The number of carbonyl (C=O) groups excluding carboxylic acids is 1. The molecule has 0 spiro atoms. The van der Waals surface area contributed by atoms with Crippen molar-refractivity contribution in [1.29, 1.82) is 0 Å². The number of aliphatic carboxylic acids is 1. The van der Waals surface area contributed by atoms with E-state index < -0.39 is 23.6 Å². The Balaban J connectivity index is 1.87. The third-order valence-corrected chi connectivity index (χ3v) is 3.18. The zero-order chi connectivity index (χ0) is 13.3. The van der Waals surface area contributed by atoms with Gasteiger partial charge in [-0.25, -0.2) is 4.39 Å². The van der Waals surface area contributed by atoms with Crippen molar-refractivity contribution in [3.8, 4) is 0 Å². The summed E-state index contributed by atoms with van der Waals surface area (Å²) >= 11 is 5.60. The van der Waals surface area contributed by atoms with Gasteiger partial charge in [0.05, 0.1) is 16.9 Å². The maximum absolute atomic E-state index is 12.9. The molecule has 1 amide bonds. The van der Waals surface area contributed by atoms with E-state index >= 15 is 0 Å². The monoisotopic (exact) mass is 271 g/mol. The number of amides is 1. The third-order valence-electron chi connectivity index (χ3n) is 2.90. The maximum atomic E-state index is 12.9. The Bertz CT molecular complexity index is 506. The molecule has 1 fully saturated rings. The fraction of sp³-hybridized carbons (Fsp3) is 0.333. The van der Waals surface area contributed by atoms with Crippen molar-refractivity contribution in [3.63, 3.8) is 0 Å². The zero-order valence-corrected chi connectivity index (χ0v) is 10.1. The van der Waals surface area contributed by atoms with E-state index in [1.807, 2.05) is 0 Å². The number of benzene rings is 1. The summed E-state index contributed by atoms with van der Waals surface area (Å²) in [5, 5.41) is 11.3. The lowest BCUT2D eigenvalue weighted by Gasteiger charge is -2.05. The first-order valence-electron chi connectivity index (χ1n) is 5.43. The van der Waals surface area contributed by atoms with Crippen LogP contribution in [0.1, 0.15) is 12.0 Å². The Morgan fingerprint density at radius 2 is 2.17 bits per heavy atom.